The molecule has 1 amide bonds. The van der Waals surface area contributed by atoms with Crippen LogP contribution in [-0.2, 0) is 10.5 Å². The standard InChI is InChI=1S/C21H17N5OS3/c27-19(24-23-12-15-5-4-10-22-11-15)14-29-21-26-25-20(30-21)28-13-17-8-3-7-16-6-1-2-9-18(16)17/h1-12H,13-14H2,(H,24,27)/b23-12-. The van der Waals surface area contributed by atoms with E-state index in [1.54, 1.807) is 30.4 Å². The van der Waals surface area contributed by atoms with Crippen molar-refractivity contribution in [2.24, 2.45) is 5.10 Å². The van der Waals surface area contributed by atoms with Gasteiger partial charge >= 0.3 is 0 Å². The monoisotopic (exact) mass is 451 g/mol. The van der Waals surface area contributed by atoms with E-state index in [-0.39, 0.29) is 11.7 Å². The molecule has 150 valence electrons. The van der Waals surface area contributed by atoms with Crippen LogP contribution >= 0.6 is 34.9 Å². The van der Waals surface area contributed by atoms with Crippen LogP contribution in [-0.4, -0.2) is 33.1 Å². The first-order valence-corrected chi connectivity index (χ1v) is 11.8. The highest BCUT2D eigenvalue weighted by molar-refractivity contribution is 8.03. The van der Waals surface area contributed by atoms with Crippen molar-refractivity contribution in [1.82, 2.24) is 20.6 Å². The summed E-state index contributed by atoms with van der Waals surface area (Å²) in [4.78, 5) is 15.9. The number of hydrogen-bond donors (Lipinski definition) is 1. The number of thioether (sulfide) groups is 2. The van der Waals surface area contributed by atoms with Gasteiger partial charge in [-0.3, -0.25) is 9.78 Å². The van der Waals surface area contributed by atoms with Gasteiger partial charge in [0.2, 0.25) is 0 Å². The number of benzene rings is 2. The first kappa shape index (κ1) is 20.5. The third kappa shape index (κ3) is 5.65. The third-order valence-electron chi connectivity index (χ3n) is 4.03. The Bertz CT molecular complexity index is 1160. The number of amides is 1. The fourth-order valence-corrected chi connectivity index (χ4v) is 5.48. The molecule has 0 unspecified atom stereocenters. The van der Waals surface area contributed by atoms with Crippen LogP contribution in [0.15, 0.2) is 80.8 Å². The number of fused-ring (bicyclic) bond motifs is 1. The molecule has 0 saturated carbocycles. The number of carbonyl (C=O) groups excluding carboxylic acids is 1. The number of hydrazone groups is 1. The molecule has 0 radical (unpaired) electrons. The van der Waals surface area contributed by atoms with E-state index in [4.69, 9.17) is 0 Å². The predicted octanol–water partition coefficient (Wildman–Crippen LogP) is 4.62. The minimum Gasteiger partial charge on any atom is -0.272 e. The Balaban J connectivity index is 1.26. The zero-order chi connectivity index (χ0) is 20.6. The number of hydrogen-bond acceptors (Lipinski definition) is 8. The summed E-state index contributed by atoms with van der Waals surface area (Å²) in [6.07, 6.45) is 4.91. The van der Waals surface area contributed by atoms with Crippen molar-refractivity contribution in [3.05, 3.63) is 78.1 Å². The van der Waals surface area contributed by atoms with Gasteiger partial charge in [0.15, 0.2) is 8.68 Å². The second-order valence-corrected chi connectivity index (χ2v) is 9.55. The number of aromatic nitrogens is 3. The Morgan fingerprint density at radius 1 is 1.03 bits per heavy atom. The van der Waals surface area contributed by atoms with E-state index >= 15 is 0 Å². The Kier molecular flexibility index (Phi) is 7.07. The fraction of sp³-hybridized carbons (Fsp3) is 0.0952. The molecule has 4 aromatic rings. The maximum Gasteiger partial charge on any atom is 0.250 e. The van der Waals surface area contributed by atoms with Crippen LogP contribution in [0.4, 0.5) is 0 Å². The van der Waals surface area contributed by atoms with Crippen molar-refractivity contribution >= 4 is 57.8 Å². The molecule has 9 heteroatoms. The molecule has 0 aliphatic carbocycles. The molecular weight excluding hydrogens is 434 g/mol. The topological polar surface area (TPSA) is 80.1 Å². The molecule has 6 nitrogen and oxygen atoms in total. The van der Waals surface area contributed by atoms with Crippen LogP contribution in [0, 0.1) is 0 Å². The van der Waals surface area contributed by atoms with Crippen LogP contribution < -0.4 is 5.43 Å². The van der Waals surface area contributed by atoms with Crippen LogP contribution in [0.25, 0.3) is 10.8 Å². The number of nitrogens with zero attached hydrogens (tertiary/aromatic N) is 4. The van der Waals surface area contributed by atoms with E-state index in [2.05, 4.69) is 62.1 Å². The molecule has 0 aliphatic rings. The van der Waals surface area contributed by atoms with Gasteiger partial charge in [-0.2, -0.15) is 5.10 Å². The minimum atomic E-state index is -0.194. The van der Waals surface area contributed by atoms with Crippen LogP contribution in [0.2, 0.25) is 0 Å². The maximum atomic E-state index is 11.9. The Hall–Kier alpha value is -2.75. The number of rotatable bonds is 8. The number of carbonyl (C=O) groups is 1. The van der Waals surface area contributed by atoms with Crippen molar-refractivity contribution in [2.45, 2.75) is 14.4 Å². The van der Waals surface area contributed by atoms with Crippen molar-refractivity contribution in [1.29, 1.82) is 0 Å². The summed E-state index contributed by atoms with van der Waals surface area (Å²) < 4.78 is 1.65. The molecular formula is C21H17N5OS3. The second kappa shape index (κ2) is 10.3. The normalized spacial score (nSPS) is 11.2. The molecule has 4 rings (SSSR count). The Morgan fingerprint density at radius 2 is 1.87 bits per heavy atom. The zero-order valence-electron chi connectivity index (χ0n) is 15.8. The van der Waals surface area contributed by atoms with E-state index in [1.165, 1.54) is 39.4 Å². The summed E-state index contributed by atoms with van der Waals surface area (Å²) >= 11 is 4.51. The van der Waals surface area contributed by atoms with Gasteiger partial charge in [0.05, 0.1) is 12.0 Å². The average Bonchev–Trinajstić information content (AvgIpc) is 3.25. The molecule has 0 bridgehead atoms. The van der Waals surface area contributed by atoms with Gasteiger partial charge in [-0.1, -0.05) is 83.4 Å². The van der Waals surface area contributed by atoms with Crippen LogP contribution in [0.3, 0.4) is 0 Å². The number of nitrogens with one attached hydrogen (secondary N) is 1. The van der Waals surface area contributed by atoms with Gasteiger partial charge in [-0.05, 0) is 22.4 Å². The van der Waals surface area contributed by atoms with Crippen LogP contribution in [0.1, 0.15) is 11.1 Å². The molecule has 0 spiro atoms. The summed E-state index contributed by atoms with van der Waals surface area (Å²) in [5.41, 5.74) is 4.60. The lowest BCUT2D eigenvalue weighted by Crippen LogP contribution is -2.19. The third-order valence-corrected chi connectivity index (χ3v) is 7.27. The van der Waals surface area contributed by atoms with E-state index < -0.39 is 0 Å². The Labute approximate surface area is 186 Å². The zero-order valence-corrected chi connectivity index (χ0v) is 18.2. The SMILES string of the molecule is O=C(CSc1nnc(SCc2cccc3ccccc23)s1)N/N=C\c1cccnc1. The highest BCUT2D eigenvalue weighted by atomic mass is 32.2. The Morgan fingerprint density at radius 3 is 2.73 bits per heavy atom. The van der Waals surface area contributed by atoms with Crippen LogP contribution in [0.5, 0.6) is 0 Å². The van der Waals surface area contributed by atoms with E-state index in [0.29, 0.717) is 0 Å². The molecule has 0 saturated heterocycles. The fourth-order valence-electron chi connectivity index (χ4n) is 2.66. The highest BCUT2D eigenvalue weighted by Crippen LogP contribution is 2.32. The molecule has 2 aromatic heterocycles. The van der Waals surface area contributed by atoms with E-state index in [1.807, 2.05) is 18.2 Å². The summed E-state index contributed by atoms with van der Waals surface area (Å²) in [5, 5.41) is 14.8. The van der Waals surface area contributed by atoms with E-state index in [9.17, 15) is 4.79 Å². The quantitative estimate of drug-likeness (QED) is 0.239. The van der Waals surface area contributed by atoms with Gasteiger partial charge < -0.3 is 0 Å². The van der Waals surface area contributed by atoms with Gasteiger partial charge in [0, 0.05) is 23.7 Å². The van der Waals surface area contributed by atoms with E-state index in [0.717, 1.165) is 20.0 Å². The second-order valence-electron chi connectivity index (χ2n) is 6.13. The first-order valence-electron chi connectivity index (χ1n) is 9.05. The summed E-state index contributed by atoms with van der Waals surface area (Å²) in [6, 6.07) is 18.4. The minimum absolute atomic E-state index is 0.194. The summed E-state index contributed by atoms with van der Waals surface area (Å²) in [6.45, 7) is 0. The van der Waals surface area contributed by atoms with Crippen molar-refractivity contribution in [2.75, 3.05) is 5.75 Å². The van der Waals surface area contributed by atoms with Gasteiger partial charge in [-0.25, -0.2) is 5.43 Å². The average molecular weight is 452 g/mol. The highest BCUT2D eigenvalue weighted by Gasteiger charge is 2.09. The lowest BCUT2D eigenvalue weighted by atomic mass is 10.1. The molecule has 2 heterocycles. The summed E-state index contributed by atoms with van der Waals surface area (Å²) in [7, 11) is 0. The smallest absolute Gasteiger partial charge is 0.250 e. The molecule has 0 atom stereocenters. The van der Waals surface area contributed by atoms with Gasteiger partial charge in [-0.15, -0.1) is 10.2 Å². The molecule has 2 aromatic carbocycles. The maximum absolute atomic E-state index is 11.9. The number of pyridine rings is 1. The molecule has 0 fully saturated rings. The predicted molar refractivity (Wildman–Crippen MR) is 124 cm³/mol. The molecule has 0 aliphatic heterocycles. The van der Waals surface area contributed by atoms with Gasteiger partial charge in [0.25, 0.3) is 5.91 Å². The van der Waals surface area contributed by atoms with Gasteiger partial charge in [0.1, 0.15) is 0 Å². The molecule has 30 heavy (non-hydrogen) atoms. The van der Waals surface area contributed by atoms with Crippen molar-refractivity contribution in [3.63, 3.8) is 0 Å². The van der Waals surface area contributed by atoms with Crippen molar-refractivity contribution < 1.29 is 4.79 Å². The molecule has 1 N–H and O–H groups in total. The largest absolute Gasteiger partial charge is 0.272 e. The lowest BCUT2D eigenvalue weighted by Gasteiger charge is -2.04. The lowest BCUT2D eigenvalue weighted by molar-refractivity contribution is -0.118. The summed E-state index contributed by atoms with van der Waals surface area (Å²) in [5.74, 6) is 0.859. The first-order chi connectivity index (χ1) is 14.8. The van der Waals surface area contributed by atoms with Crippen molar-refractivity contribution in [3.8, 4) is 0 Å².